The fraction of sp³-hybridized carbons (Fsp3) is 0.292. The van der Waals surface area contributed by atoms with Crippen LogP contribution in [-0.2, 0) is 14.2 Å². The van der Waals surface area contributed by atoms with Gasteiger partial charge in [0.15, 0.2) is 5.78 Å². The average Bonchev–Trinajstić information content (AvgIpc) is 2.81. The van der Waals surface area contributed by atoms with E-state index in [0.717, 1.165) is 0 Å². The minimum absolute atomic E-state index is 0.174. The van der Waals surface area contributed by atoms with Crippen molar-refractivity contribution in [2.24, 2.45) is 0 Å². The minimum Gasteiger partial charge on any atom is -0.465 e. The monoisotopic (exact) mass is 491 g/mol. The first kappa shape index (κ1) is 28.3. The Labute approximate surface area is 202 Å². The number of rotatable bonds is 6. The van der Waals surface area contributed by atoms with Gasteiger partial charge in [-0.25, -0.2) is 14.4 Å². The highest BCUT2D eigenvalue weighted by molar-refractivity contribution is 6.67. The zero-order chi connectivity index (χ0) is 25.9. The van der Waals surface area contributed by atoms with E-state index in [1.807, 2.05) is 0 Å². The average molecular weight is 492 g/mol. The summed E-state index contributed by atoms with van der Waals surface area (Å²) < 4.78 is 14.1. The van der Waals surface area contributed by atoms with Gasteiger partial charge in [-0.2, -0.15) is 0 Å². The molecule has 0 atom stereocenters. The summed E-state index contributed by atoms with van der Waals surface area (Å²) in [6.45, 7) is 5.03. The number of hydrogen-bond donors (Lipinski definition) is 1. The van der Waals surface area contributed by atoms with Gasteiger partial charge in [-0.05, 0) is 68.8 Å². The summed E-state index contributed by atoms with van der Waals surface area (Å²) in [4.78, 5) is 56.2. The quantitative estimate of drug-likeness (QED) is 0.278. The van der Waals surface area contributed by atoms with Crippen LogP contribution in [0, 0.1) is 0 Å². The Morgan fingerprint density at radius 1 is 0.735 bits per heavy atom. The summed E-state index contributed by atoms with van der Waals surface area (Å²) in [5.74, 6) is -1.19. The van der Waals surface area contributed by atoms with E-state index in [1.54, 1.807) is 20.8 Å². The Morgan fingerprint density at radius 3 is 1.47 bits per heavy atom. The largest absolute Gasteiger partial charge is 0.465 e. The van der Waals surface area contributed by atoms with Gasteiger partial charge in [0, 0.05) is 11.1 Å². The highest BCUT2D eigenvalue weighted by atomic mass is 35.5. The van der Waals surface area contributed by atoms with Crippen LogP contribution in [0.3, 0.4) is 0 Å². The highest BCUT2D eigenvalue weighted by Crippen LogP contribution is 2.09. The van der Waals surface area contributed by atoms with Crippen molar-refractivity contribution in [1.29, 1.82) is 0 Å². The molecule has 0 bridgehead atoms. The SMILES string of the molecule is COC(=O)c1ccc(C(=O)CNC(=O)OC(C)(C)C)cc1.COC(=O)c1ccc(C(=O)Cl)cc1. The molecule has 0 aliphatic rings. The lowest BCUT2D eigenvalue weighted by Crippen LogP contribution is -2.35. The smallest absolute Gasteiger partial charge is 0.408 e. The number of ether oxygens (including phenoxy) is 3. The van der Waals surface area contributed by atoms with E-state index in [-0.39, 0.29) is 12.3 Å². The van der Waals surface area contributed by atoms with E-state index in [1.165, 1.54) is 62.8 Å². The first-order valence-corrected chi connectivity index (χ1v) is 10.3. The Bertz CT molecular complexity index is 1020. The number of hydrogen-bond acceptors (Lipinski definition) is 8. The lowest BCUT2D eigenvalue weighted by molar-refractivity contribution is 0.0519. The van der Waals surface area contributed by atoms with Crippen molar-refractivity contribution in [3.05, 3.63) is 70.8 Å². The highest BCUT2D eigenvalue weighted by Gasteiger charge is 2.17. The van der Waals surface area contributed by atoms with Crippen molar-refractivity contribution in [3.8, 4) is 0 Å². The van der Waals surface area contributed by atoms with Crippen molar-refractivity contribution in [3.63, 3.8) is 0 Å². The molecule has 0 saturated heterocycles. The molecule has 0 radical (unpaired) electrons. The number of methoxy groups -OCH3 is 2. The van der Waals surface area contributed by atoms with Gasteiger partial charge in [0.05, 0.1) is 31.9 Å². The van der Waals surface area contributed by atoms with E-state index < -0.39 is 28.9 Å². The first-order valence-electron chi connectivity index (χ1n) is 9.94. The van der Waals surface area contributed by atoms with Gasteiger partial charge in [-0.3, -0.25) is 9.59 Å². The number of halogens is 1. The number of alkyl carbamates (subject to hydrolysis) is 1. The van der Waals surface area contributed by atoms with Crippen LogP contribution in [-0.4, -0.2) is 55.4 Å². The van der Waals surface area contributed by atoms with Gasteiger partial charge in [-0.15, -0.1) is 0 Å². The van der Waals surface area contributed by atoms with Crippen LogP contribution >= 0.6 is 11.6 Å². The van der Waals surface area contributed by atoms with Crippen molar-refractivity contribution in [1.82, 2.24) is 5.32 Å². The molecule has 2 aromatic carbocycles. The number of amides is 1. The standard InChI is InChI=1S/C15H19NO5.C9H7ClO3/c1-15(2,3)21-14(19)16-9-12(17)10-5-7-11(8-6-10)13(18)20-4;1-13-9(12)7-4-2-6(3-5-7)8(10)11/h5-8H,9H2,1-4H3,(H,16,19);2-5H,1H3. The Kier molecular flexibility index (Phi) is 10.9. The topological polar surface area (TPSA) is 125 Å². The molecular formula is C24H26ClNO8. The maximum atomic E-state index is 11.9. The van der Waals surface area contributed by atoms with E-state index >= 15 is 0 Å². The van der Waals surface area contributed by atoms with Gasteiger partial charge in [0.25, 0.3) is 5.24 Å². The van der Waals surface area contributed by atoms with Crippen LogP contribution in [0.4, 0.5) is 4.79 Å². The molecule has 2 aromatic rings. The Morgan fingerprint density at radius 2 is 1.12 bits per heavy atom. The number of benzene rings is 2. The third-order valence-corrected chi connectivity index (χ3v) is 4.17. The van der Waals surface area contributed by atoms with Crippen LogP contribution in [0.5, 0.6) is 0 Å². The zero-order valence-electron chi connectivity index (χ0n) is 19.5. The number of nitrogens with one attached hydrogen (secondary N) is 1. The van der Waals surface area contributed by atoms with Crippen LogP contribution < -0.4 is 5.32 Å². The summed E-state index contributed by atoms with van der Waals surface area (Å²) >= 11 is 5.21. The fourth-order valence-electron chi connectivity index (χ4n) is 2.33. The molecule has 0 aliphatic heterocycles. The number of esters is 2. The van der Waals surface area contributed by atoms with E-state index in [2.05, 4.69) is 14.8 Å². The molecule has 0 aliphatic carbocycles. The molecular weight excluding hydrogens is 466 g/mol. The summed E-state index contributed by atoms with van der Waals surface area (Å²) in [7, 11) is 2.58. The van der Waals surface area contributed by atoms with Crippen LogP contribution in [0.2, 0.25) is 0 Å². The number of carbonyl (C=O) groups is 5. The van der Waals surface area contributed by atoms with Gasteiger partial charge in [-0.1, -0.05) is 12.1 Å². The molecule has 1 N–H and O–H groups in total. The third-order valence-electron chi connectivity index (χ3n) is 3.95. The normalized spacial score (nSPS) is 10.2. The van der Waals surface area contributed by atoms with Crippen molar-refractivity contribution < 1.29 is 38.2 Å². The van der Waals surface area contributed by atoms with Gasteiger partial charge < -0.3 is 19.5 Å². The number of carbonyl (C=O) groups excluding carboxylic acids is 5. The van der Waals surface area contributed by atoms with Crippen LogP contribution in [0.25, 0.3) is 0 Å². The summed E-state index contributed by atoms with van der Waals surface area (Å²) in [6, 6.07) is 11.9. The number of Topliss-reactive ketones (excluding diaryl/α,β-unsaturated/α-hetero) is 1. The molecule has 0 spiro atoms. The Balaban J connectivity index is 0.000000380. The number of ketones is 1. The lowest BCUT2D eigenvalue weighted by Gasteiger charge is -2.19. The van der Waals surface area contributed by atoms with Crippen LogP contribution in [0.15, 0.2) is 48.5 Å². The molecule has 0 heterocycles. The molecule has 0 saturated carbocycles. The van der Waals surface area contributed by atoms with Gasteiger partial charge in [0.1, 0.15) is 5.60 Å². The van der Waals surface area contributed by atoms with Crippen LogP contribution in [0.1, 0.15) is 62.2 Å². The predicted molar refractivity (Wildman–Crippen MR) is 124 cm³/mol. The summed E-state index contributed by atoms with van der Waals surface area (Å²) in [5, 5.41) is 1.84. The van der Waals surface area contributed by atoms with Gasteiger partial charge in [0.2, 0.25) is 0 Å². The van der Waals surface area contributed by atoms with E-state index in [4.69, 9.17) is 16.3 Å². The van der Waals surface area contributed by atoms with E-state index in [9.17, 15) is 24.0 Å². The predicted octanol–water partition coefficient (Wildman–Crippen LogP) is 4.03. The Hall–Kier alpha value is -3.72. The van der Waals surface area contributed by atoms with Gasteiger partial charge >= 0.3 is 18.0 Å². The second-order valence-corrected chi connectivity index (χ2v) is 8.03. The maximum absolute atomic E-state index is 11.9. The second kappa shape index (κ2) is 13.1. The van der Waals surface area contributed by atoms with Crippen molar-refractivity contribution >= 4 is 40.7 Å². The van der Waals surface area contributed by atoms with Crippen molar-refractivity contribution in [2.45, 2.75) is 26.4 Å². The molecule has 2 rings (SSSR count). The molecule has 0 unspecified atom stereocenters. The molecule has 1 amide bonds. The third kappa shape index (κ3) is 9.83. The molecule has 0 aromatic heterocycles. The summed E-state index contributed by atoms with van der Waals surface area (Å²) in [5.41, 5.74) is 0.876. The zero-order valence-corrected chi connectivity index (χ0v) is 20.2. The molecule has 182 valence electrons. The maximum Gasteiger partial charge on any atom is 0.408 e. The molecule has 0 fully saturated rings. The lowest BCUT2D eigenvalue weighted by atomic mass is 10.1. The molecule has 34 heavy (non-hydrogen) atoms. The molecule has 10 heteroatoms. The first-order chi connectivity index (χ1) is 15.9. The molecule has 9 nitrogen and oxygen atoms in total. The second-order valence-electron chi connectivity index (χ2n) is 7.69. The van der Waals surface area contributed by atoms with Crippen molar-refractivity contribution in [2.75, 3.05) is 20.8 Å². The fourth-order valence-corrected chi connectivity index (χ4v) is 2.46. The summed E-state index contributed by atoms with van der Waals surface area (Å²) in [6.07, 6.45) is -0.651. The minimum atomic E-state index is -0.651. The van der Waals surface area contributed by atoms with E-state index in [0.29, 0.717) is 22.3 Å².